The van der Waals surface area contributed by atoms with Crippen LogP contribution < -0.4 is 5.73 Å². The summed E-state index contributed by atoms with van der Waals surface area (Å²) in [6.45, 7) is 3.87. The van der Waals surface area contributed by atoms with E-state index in [1.165, 1.54) is 0 Å². The predicted molar refractivity (Wildman–Crippen MR) is 77.3 cm³/mol. The highest BCUT2D eigenvalue weighted by atomic mass is 35.5. The second-order valence-electron chi connectivity index (χ2n) is 4.52. The SMILES string of the molecule is Cc1cc2nc(C)c(-c3ccc(Cl)cc3)c(N)n2n1. The van der Waals surface area contributed by atoms with Crippen molar-refractivity contribution in [2.45, 2.75) is 13.8 Å². The Labute approximate surface area is 115 Å². The fourth-order valence-electron chi connectivity index (χ4n) is 2.24. The maximum absolute atomic E-state index is 6.23. The van der Waals surface area contributed by atoms with Gasteiger partial charge < -0.3 is 5.73 Å². The molecule has 0 aliphatic carbocycles. The van der Waals surface area contributed by atoms with Gasteiger partial charge >= 0.3 is 0 Å². The highest BCUT2D eigenvalue weighted by Crippen LogP contribution is 2.30. The Hall–Kier alpha value is -2.07. The zero-order valence-electron chi connectivity index (χ0n) is 10.7. The van der Waals surface area contributed by atoms with Crippen LogP contribution in [0.25, 0.3) is 16.8 Å². The van der Waals surface area contributed by atoms with Crippen LogP contribution in [-0.4, -0.2) is 14.6 Å². The Morgan fingerprint density at radius 2 is 1.84 bits per heavy atom. The highest BCUT2D eigenvalue weighted by Gasteiger charge is 2.13. The number of nitrogens with zero attached hydrogens (tertiary/aromatic N) is 3. The minimum atomic E-state index is 0.595. The zero-order valence-corrected chi connectivity index (χ0v) is 11.4. The second kappa shape index (κ2) is 4.24. The van der Waals surface area contributed by atoms with E-state index in [1.807, 2.05) is 44.2 Å². The van der Waals surface area contributed by atoms with Gasteiger partial charge in [0.2, 0.25) is 0 Å². The van der Waals surface area contributed by atoms with E-state index in [-0.39, 0.29) is 0 Å². The van der Waals surface area contributed by atoms with Crippen molar-refractivity contribution in [1.82, 2.24) is 14.6 Å². The number of hydrogen-bond acceptors (Lipinski definition) is 3. The molecule has 2 heterocycles. The third kappa shape index (κ3) is 1.94. The number of aryl methyl sites for hydroxylation is 2. The summed E-state index contributed by atoms with van der Waals surface area (Å²) in [7, 11) is 0. The average molecular weight is 273 g/mol. The summed E-state index contributed by atoms with van der Waals surface area (Å²) in [5.74, 6) is 0.595. The van der Waals surface area contributed by atoms with Gasteiger partial charge in [-0.15, -0.1) is 0 Å². The monoisotopic (exact) mass is 272 g/mol. The van der Waals surface area contributed by atoms with Gasteiger partial charge in [-0.2, -0.15) is 9.61 Å². The maximum Gasteiger partial charge on any atom is 0.157 e. The molecule has 0 atom stereocenters. The first-order chi connectivity index (χ1) is 9.06. The molecule has 0 aliphatic rings. The first-order valence-corrected chi connectivity index (χ1v) is 6.32. The van der Waals surface area contributed by atoms with Crippen LogP contribution in [0.4, 0.5) is 5.82 Å². The van der Waals surface area contributed by atoms with Crippen LogP contribution in [0.3, 0.4) is 0 Å². The van der Waals surface area contributed by atoms with E-state index >= 15 is 0 Å². The summed E-state index contributed by atoms with van der Waals surface area (Å²) in [5, 5.41) is 5.06. The van der Waals surface area contributed by atoms with E-state index in [0.717, 1.165) is 28.2 Å². The lowest BCUT2D eigenvalue weighted by Crippen LogP contribution is -2.05. The quantitative estimate of drug-likeness (QED) is 0.740. The van der Waals surface area contributed by atoms with E-state index in [9.17, 15) is 0 Å². The van der Waals surface area contributed by atoms with Gasteiger partial charge in [0.1, 0.15) is 5.82 Å². The molecule has 0 saturated carbocycles. The average Bonchev–Trinajstić information content (AvgIpc) is 2.72. The van der Waals surface area contributed by atoms with Crippen molar-refractivity contribution in [2.24, 2.45) is 0 Å². The molecule has 0 bridgehead atoms. The minimum Gasteiger partial charge on any atom is -0.383 e. The molecular weight excluding hydrogens is 260 g/mol. The highest BCUT2D eigenvalue weighted by molar-refractivity contribution is 6.30. The summed E-state index contributed by atoms with van der Waals surface area (Å²) in [6, 6.07) is 9.47. The molecule has 1 aromatic carbocycles. The maximum atomic E-state index is 6.23. The Balaban J connectivity index is 2.31. The number of fused-ring (bicyclic) bond motifs is 1. The summed E-state index contributed by atoms with van der Waals surface area (Å²) < 4.78 is 1.67. The lowest BCUT2D eigenvalue weighted by atomic mass is 10.1. The fraction of sp³-hybridized carbons (Fsp3) is 0.143. The van der Waals surface area contributed by atoms with Gasteiger partial charge in [-0.05, 0) is 31.5 Å². The van der Waals surface area contributed by atoms with Crippen LogP contribution in [0, 0.1) is 13.8 Å². The van der Waals surface area contributed by atoms with Gasteiger partial charge in [-0.3, -0.25) is 0 Å². The van der Waals surface area contributed by atoms with E-state index in [0.29, 0.717) is 10.8 Å². The van der Waals surface area contributed by atoms with E-state index in [2.05, 4.69) is 10.1 Å². The number of anilines is 1. The molecule has 0 unspecified atom stereocenters. The predicted octanol–water partition coefficient (Wildman–Crippen LogP) is 3.25. The molecule has 0 amide bonds. The second-order valence-corrected chi connectivity index (χ2v) is 4.96. The number of hydrogen-bond donors (Lipinski definition) is 1. The van der Waals surface area contributed by atoms with Crippen molar-refractivity contribution in [3.8, 4) is 11.1 Å². The van der Waals surface area contributed by atoms with Gasteiger partial charge in [-0.25, -0.2) is 4.98 Å². The van der Waals surface area contributed by atoms with Gasteiger partial charge in [0.05, 0.1) is 11.4 Å². The third-order valence-electron chi connectivity index (χ3n) is 3.07. The number of halogens is 1. The zero-order chi connectivity index (χ0) is 13.6. The minimum absolute atomic E-state index is 0.595. The molecule has 3 aromatic rings. The standard InChI is InChI=1S/C14H13ClN4/c1-8-7-12-17-9(2)13(14(16)19(12)18-8)10-3-5-11(15)6-4-10/h3-7H,16H2,1-2H3. The molecule has 3 rings (SSSR count). The first kappa shape index (κ1) is 12.0. The van der Waals surface area contributed by atoms with Crippen LogP contribution in [0.5, 0.6) is 0 Å². The van der Waals surface area contributed by atoms with Crippen LogP contribution in [0.15, 0.2) is 30.3 Å². The molecule has 5 heteroatoms. The van der Waals surface area contributed by atoms with Crippen molar-refractivity contribution < 1.29 is 0 Å². The van der Waals surface area contributed by atoms with Crippen LogP contribution in [-0.2, 0) is 0 Å². The molecule has 2 aromatic heterocycles. The molecule has 4 nitrogen and oxygen atoms in total. The van der Waals surface area contributed by atoms with E-state index in [1.54, 1.807) is 4.52 Å². The number of nitrogens with two attached hydrogens (primary N) is 1. The fourth-order valence-corrected chi connectivity index (χ4v) is 2.36. The van der Waals surface area contributed by atoms with E-state index < -0.39 is 0 Å². The molecule has 0 aliphatic heterocycles. The van der Waals surface area contributed by atoms with Gasteiger partial charge in [0.25, 0.3) is 0 Å². The van der Waals surface area contributed by atoms with Crippen molar-refractivity contribution in [1.29, 1.82) is 0 Å². The topological polar surface area (TPSA) is 56.2 Å². The number of nitrogen functional groups attached to an aromatic ring is 1. The van der Waals surface area contributed by atoms with Crippen molar-refractivity contribution >= 4 is 23.1 Å². The van der Waals surface area contributed by atoms with Crippen molar-refractivity contribution in [3.63, 3.8) is 0 Å². The van der Waals surface area contributed by atoms with E-state index in [4.69, 9.17) is 17.3 Å². The smallest absolute Gasteiger partial charge is 0.157 e. The summed E-state index contributed by atoms with van der Waals surface area (Å²) in [6.07, 6.45) is 0. The lowest BCUT2D eigenvalue weighted by Gasteiger charge is -2.10. The van der Waals surface area contributed by atoms with Gasteiger partial charge in [-0.1, -0.05) is 23.7 Å². The first-order valence-electron chi connectivity index (χ1n) is 5.94. The summed E-state index contributed by atoms with van der Waals surface area (Å²) >= 11 is 5.91. The molecular formula is C14H13ClN4. The number of rotatable bonds is 1. The van der Waals surface area contributed by atoms with Crippen LogP contribution in [0.1, 0.15) is 11.4 Å². The molecule has 0 fully saturated rings. The largest absolute Gasteiger partial charge is 0.383 e. The Morgan fingerprint density at radius 1 is 1.16 bits per heavy atom. The number of benzene rings is 1. The Kier molecular flexibility index (Phi) is 2.68. The summed E-state index contributed by atoms with van der Waals surface area (Å²) in [4.78, 5) is 4.54. The molecule has 0 spiro atoms. The third-order valence-corrected chi connectivity index (χ3v) is 3.33. The van der Waals surface area contributed by atoms with Crippen LogP contribution in [0.2, 0.25) is 5.02 Å². The Morgan fingerprint density at radius 3 is 2.53 bits per heavy atom. The molecule has 0 saturated heterocycles. The van der Waals surface area contributed by atoms with Gasteiger partial charge in [0, 0.05) is 16.7 Å². The van der Waals surface area contributed by atoms with Gasteiger partial charge in [0.15, 0.2) is 5.65 Å². The molecule has 2 N–H and O–H groups in total. The van der Waals surface area contributed by atoms with Crippen molar-refractivity contribution in [3.05, 3.63) is 46.7 Å². The molecule has 19 heavy (non-hydrogen) atoms. The normalized spacial score (nSPS) is 11.1. The van der Waals surface area contributed by atoms with Crippen LogP contribution >= 0.6 is 11.6 Å². The van der Waals surface area contributed by atoms with Crippen molar-refractivity contribution in [2.75, 3.05) is 5.73 Å². The molecule has 96 valence electrons. The number of aromatic nitrogens is 3. The summed E-state index contributed by atoms with van der Waals surface area (Å²) in [5.41, 5.74) is 10.7. The lowest BCUT2D eigenvalue weighted by molar-refractivity contribution is 0.923. The molecule has 0 radical (unpaired) electrons. The Bertz CT molecular complexity index is 759.